The molecule has 2 aromatic heterocycles. The van der Waals surface area contributed by atoms with Crippen molar-refractivity contribution >= 4 is 5.69 Å². The Morgan fingerprint density at radius 2 is 2.22 bits per heavy atom. The van der Waals surface area contributed by atoms with Gasteiger partial charge in [0.05, 0.1) is 18.2 Å². The number of ether oxygens (including phenoxy) is 1. The van der Waals surface area contributed by atoms with E-state index in [4.69, 9.17) is 4.74 Å². The number of aryl methyl sites for hydroxylation is 1. The first-order valence-corrected chi connectivity index (χ1v) is 8.06. The molecule has 0 unspecified atom stereocenters. The van der Waals surface area contributed by atoms with Crippen molar-refractivity contribution in [1.82, 2.24) is 19.9 Å². The summed E-state index contributed by atoms with van der Waals surface area (Å²) in [6, 6.07) is 2.50. The predicted octanol–water partition coefficient (Wildman–Crippen LogP) is 1.89. The molecule has 0 aromatic carbocycles. The van der Waals surface area contributed by atoms with Gasteiger partial charge < -0.3 is 19.5 Å². The van der Waals surface area contributed by atoms with Crippen LogP contribution in [0.3, 0.4) is 0 Å². The second-order valence-corrected chi connectivity index (χ2v) is 6.29. The van der Waals surface area contributed by atoms with Crippen molar-refractivity contribution in [2.24, 2.45) is 7.05 Å². The first kappa shape index (κ1) is 16.0. The standard InChI is InChI=1S/C17H25N5O/c1-21(2)15-4-6-18-9-13(15)10-20-14-5-7-23-17(8-14)16-11-19-12-22(16)3/h4,6,9,11-12,14,17,20H,5,7-8,10H2,1-3H3/t14-,17+/m0/s1. The van der Waals surface area contributed by atoms with Crippen molar-refractivity contribution in [3.05, 3.63) is 42.2 Å². The smallest absolute Gasteiger partial charge is 0.100 e. The monoisotopic (exact) mass is 315 g/mol. The highest BCUT2D eigenvalue weighted by Gasteiger charge is 2.25. The molecule has 1 aliphatic heterocycles. The predicted molar refractivity (Wildman–Crippen MR) is 90.3 cm³/mol. The molecule has 3 heterocycles. The van der Waals surface area contributed by atoms with E-state index < -0.39 is 0 Å². The van der Waals surface area contributed by atoms with E-state index >= 15 is 0 Å². The van der Waals surface area contributed by atoms with Crippen LogP contribution in [0, 0.1) is 0 Å². The normalized spacial score (nSPS) is 21.3. The molecule has 124 valence electrons. The van der Waals surface area contributed by atoms with Gasteiger partial charge in [-0.3, -0.25) is 4.98 Å². The van der Waals surface area contributed by atoms with Gasteiger partial charge in [0.2, 0.25) is 0 Å². The van der Waals surface area contributed by atoms with Gasteiger partial charge in [0, 0.05) is 64.0 Å². The van der Waals surface area contributed by atoms with Crippen LogP contribution >= 0.6 is 0 Å². The van der Waals surface area contributed by atoms with Crippen LogP contribution in [0.5, 0.6) is 0 Å². The van der Waals surface area contributed by atoms with Crippen molar-refractivity contribution in [2.75, 3.05) is 25.6 Å². The van der Waals surface area contributed by atoms with Crippen LogP contribution in [0.4, 0.5) is 5.69 Å². The summed E-state index contributed by atoms with van der Waals surface area (Å²) in [7, 11) is 6.14. The van der Waals surface area contributed by atoms with Gasteiger partial charge >= 0.3 is 0 Å². The molecular formula is C17H25N5O. The lowest BCUT2D eigenvalue weighted by Crippen LogP contribution is -2.36. The Kier molecular flexibility index (Phi) is 4.93. The molecule has 0 spiro atoms. The molecule has 6 nitrogen and oxygen atoms in total. The second kappa shape index (κ2) is 7.10. The number of nitrogens with zero attached hydrogens (tertiary/aromatic N) is 4. The largest absolute Gasteiger partial charge is 0.377 e. The van der Waals surface area contributed by atoms with Crippen molar-refractivity contribution in [2.45, 2.75) is 31.5 Å². The minimum Gasteiger partial charge on any atom is -0.377 e. The first-order valence-electron chi connectivity index (χ1n) is 8.06. The zero-order valence-electron chi connectivity index (χ0n) is 14.1. The zero-order valence-corrected chi connectivity index (χ0v) is 14.1. The van der Waals surface area contributed by atoms with Gasteiger partial charge in [0.15, 0.2) is 0 Å². The molecule has 1 fully saturated rings. The van der Waals surface area contributed by atoms with E-state index in [1.54, 1.807) is 0 Å². The van der Waals surface area contributed by atoms with E-state index in [0.29, 0.717) is 6.04 Å². The Bertz CT molecular complexity index is 639. The van der Waals surface area contributed by atoms with Crippen LogP contribution in [0.25, 0.3) is 0 Å². The minimum absolute atomic E-state index is 0.121. The number of anilines is 1. The van der Waals surface area contributed by atoms with Crippen LogP contribution in [0.15, 0.2) is 31.0 Å². The third-order valence-electron chi connectivity index (χ3n) is 4.41. The van der Waals surface area contributed by atoms with Crippen molar-refractivity contribution < 1.29 is 4.74 Å². The van der Waals surface area contributed by atoms with Crippen LogP contribution in [0.2, 0.25) is 0 Å². The SMILES string of the molecule is CN(C)c1ccncc1CN[C@H]1CCO[C@@H](c2cncn2C)C1. The Morgan fingerprint density at radius 3 is 2.96 bits per heavy atom. The van der Waals surface area contributed by atoms with E-state index in [0.717, 1.165) is 31.7 Å². The van der Waals surface area contributed by atoms with Gasteiger partial charge in [-0.1, -0.05) is 0 Å². The Balaban J connectivity index is 1.62. The Hall–Kier alpha value is -1.92. The van der Waals surface area contributed by atoms with Crippen molar-refractivity contribution in [3.8, 4) is 0 Å². The summed E-state index contributed by atoms with van der Waals surface area (Å²) in [6.45, 7) is 1.60. The fraction of sp³-hybridized carbons (Fsp3) is 0.529. The van der Waals surface area contributed by atoms with Gasteiger partial charge in [-0.25, -0.2) is 4.98 Å². The second-order valence-electron chi connectivity index (χ2n) is 6.29. The fourth-order valence-electron chi connectivity index (χ4n) is 3.11. The number of hydrogen-bond acceptors (Lipinski definition) is 5. The summed E-state index contributed by atoms with van der Waals surface area (Å²) < 4.78 is 7.97. The molecule has 0 aliphatic carbocycles. The number of rotatable bonds is 5. The lowest BCUT2D eigenvalue weighted by molar-refractivity contribution is -0.00403. The van der Waals surface area contributed by atoms with Gasteiger partial charge in [-0.15, -0.1) is 0 Å². The van der Waals surface area contributed by atoms with E-state index in [2.05, 4.69) is 40.3 Å². The molecule has 1 saturated heterocycles. The molecule has 2 atom stereocenters. The average molecular weight is 315 g/mol. The first-order chi connectivity index (χ1) is 11.1. The lowest BCUT2D eigenvalue weighted by Gasteiger charge is -2.30. The fourth-order valence-corrected chi connectivity index (χ4v) is 3.11. The molecule has 23 heavy (non-hydrogen) atoms. The maximum Gasteiger partial charge on any atom is 0.100 e. The van der Waals surface area contributed by atoms with Gasteiger partial charge in [0.1, 0.15) is 6.10 Å². The topological polar surface area (TPSA) is 55.2 Å². The molecule has 0 amide bonds. The van der Waals surface area contributed by atoms with Gasteiger partial charge in [-0.05, 0) is 18.9 Å². The van der Waals surface area contributed by atoms with E-state index in [9.17, 15) is 0 Å². The molecule has 0 saturated carbocycles. The van der Waals surface area contributed by atoms with E-state index in [-0.39, 0.29) is 6.10 Å². The summed E-state index contributed by atoms with van der Waals surface area (Å²) in [5.74, 6) is 0. The Labute approximate surface area is 137 Å². The zero-order chi connectivity index (χ0) is 16.2. The maximum absolute atomic E-state index is 5.93. The maximum atomic E-state index is 5.93. The quantitative estimate of drug-likeness (QED) is 0.913. The number of hydrogen-bond donors (Lipinski definition) is 1. The van der Waals surface area contributed by atoms with Crippen molar-refractivity contribution in [1.29, 1.82) is 0 Å². The summed E-state index contributed by atoms with van der Waals surface area (Å²) in [5, 5.41) is 3.67. The lowest BCUT2D eigenvalue weighted by atomic mass is 10.0. The molecule has 0 bridgehead atoms. The summed E-state index contributed by atoms with van der Waals surface area (Å²) in [5.41, 5.74) is 3.58. The summed E-state index contributed by atoms with van der Waals surface area (Å²) >= 11 is 0. The minimum atomic E-state index is 0.121. The average Bonchev–Trinajstić information content (AvgIpc) is 2.99. The molecule has 6 heteroatoms. The number of aromatic nitrogens is 3. The highest BCUT2D eigenvalue weighted by atomic mass is 16.5. The molecule has 1 aliphatic rings. The molecule has 0 radical (unpaired) electrons. The highest BCUT2D eigenvalue weighted by Crippen LogP contribution is 2.28. The highest BCUT2D eigenvalue weighted by molar-refractivity contribution is 5.50. The van der Waals surface area contributed by atoms with Gasteiger partial charge in [0.25, 0.3) is 0 Å². The third-order valence-corrected chi connectivity index (χ3v) is 4.41. The molecule has 1 N–H and O–H groups in total. The summed E-state index contributed by atoms with van der Waals surface area (Å²) in [4.78, 5) is 10.6. The third kappa shape index (κ3) is 3.71. The summed E-state index contributed by atoms with van der Waals surface area (Å²) in [6.07, 6.45) is 9.64. The Morgan fingerprint density at radius 1 is 1.35 bits per heavy atom. The number of nitrogens with one attached hydrogen (secondary N) is 1. The van der Waals surface area contributed by atoms with Crippen LogP contribution in [-0.4, -0.2) is 41.3 Å². The van der Waals surface area contributed by atoms with Crippen molar-refractivity contribution in [3.63, 3.8) is 0 Å². The molecular weight excluding hydrogens is 290 g/mol. The van der Waals surface area contributed by atoms with Crippen LogP contribution in [0.1, 0.15) is 30.2 Å². The number of imidazole rings is 1. The van der Waals surface area contributed by atoms with E-state index in [1.807, 2.05) is 36.5 Å². The molecule has 2 aromatic rings. The molecule has 3 rings (SSSR count). The van der Waals surface area contributed by atoms with Gasteiger partial charge in [-0.2, -0.15) is 0 Å². The number of pyridine rings is 1. The van der Waals surface area contributed by atoms with Crippen LogP contribution < -0.4 is 10.2 Å². The van der Waals surface area contributed by atoms with Crippen LogP contribution in [-0.2, 0) is 18.3 Å². The van der Waals surface area contributed by atoms with E-state index in [1.165, 1.54) is 11.3 Å².